The Bertz CT molecular complexity index is 990. The molecule has 9 fully saturated rings. The fraction of sp³-hybridized carbons (Fsp3) is 1.00. The SMILES string of the molecule is NC1C(N)C(N)C2C3NC4NC(NC5NC(NC6NC(NC(N3)C2C1N)C1CCCCC61)C1CCCCC51)C1CCCCC41.O.O.[GeH4]. The zero-order valence-electron chi connectivity index (χ0n) is 27.3. The van der Waals surface area contributed by atoms with E-state index in [0.29, 0.717) is 60.2 Å². The number of hydrogen-bond acceptors (Lipinski definition) is 12. The van der Waals surface area contributed by atoms with Crippen LogP contribution in [0.3, 0.4) is 0 Å². The van der Waals surface area contributed by atoms with Crippen molar-refractivity contribution in [2.24, 2.45) is 70.3 Å². The topological polar surface area (TPSA) is 263 Å². The van der Waals surface area contributed by atoms with Crippen molar-refractivity contribution >= 4 is 17.6 Å². The number of hydrogen-bond donors (Lipinski definition) is 12. The second kappa shape index (κ2) is 14.5. The maximum atomic E-state index is 6.98. The first kappa shape index (κ1) is 36.8. The van der Waals surface area contributed by atoms with E-state index in [-0.39, 0.29) is 89.2 Å². The fourth-order valence-electron chi connectivity index (χ4n) is 12.3. The van der Waals surface area contributed by atoms with Gasteiger partial charge in [0, 0.05) is 36.0 Å². The van der Waals surface area contributed by atoms with Gasteiger partial charge in [-0.2, -0.15) is 0 Å². The van der Waals surface area contributed by atoms with Crippen LogP contribution < -0.4 is 65.5 Å². The van der Waals surface area contributed by atoms with Crippen molar-refractivity contribution in [1.82, 2.24) is 42.5 Å². The Morgan fingerprint density at radius 1 is 0.298 bits per heavy atom. The Hall–Kier alpha value is -0.0171. The van der Waals surface area contributed by atoms with Gasteiger partial charge in [0.15, 0.2) is 0 Å². The maximum absolute atomic E-state index is 6.98. The molecule has 0 aromatic heterocycles. The summed E-state index contributed by atoms with van der Waals surface area (Å²) in [4.78, 5) is 0. The summed E-state index contributed by atoms with van der Waals surface area (Å²) < 4.78 is 0. The fourth-order valence-corrected chi connectivity index (χ4v) is 12.3. The van der Waals surface area contributed by atoms with Gasteiger partial charge in [0.05, 0.1) is 49.3 Å². The van der Waals surface area contributed by atoms with Gasteiger partial charge in [0.1, 0.15) is 0 Å². The first-order chi connectivity index (χ1) is 21.5. The van der Waals surface area contributed by atoms with Crippen LogP contribution in [-0.2, 0) is 0 Å². The second-order valence-corrected chi connectivity index (χ2v) is 16.5. The molecular formula is C32H68GeN12O2. The molecule has 20 atom stereocenters. The van der Waals surface area contributed by atoms with Crippen LogP contribution in [0.15, 0.2) is 0 Å². The zero-order valence-corrected chi connectivity index (χ0v) is 27.3. The average molecular weight is 726 g/mol. The van der Waals surface area contributed by atoms with Gasteiger partial charge < -0.3 is 33.9 Å². The molecule has 4 aliphatic carbocycles. The average Bonchev–Trinajstić information content (AvgIpc) is 3.78. The van der Waals surface area contributed by atoms with E-state index in [9.17, 15) is 0 Å². The summed E-state index contributed by atoms with van der Waals surface area (Å²) in [5.41, 5.74) is 27.3. The quantitative estimate of drug-likeness (QED) is 0.105. The molecule has 5 saturated heterocycles. The molecule has 4 saturated carbocycles. The Balaban J connectivity index is 0.00000129. The third-order valence-corrected chi connectivity index (χ3v) is 14.5. The summed E-state index contributed by atoms with van der Waals surface area (Å²) in [5, 5.41) is 33.0. The Labute approximate surface area is 291 Å². The molecule has 8 bridgehead atoms. The molecule has 20 unspecified atom stereocenters. The number of rotatable bonds is 0. The van der Waals surface area contributed by atoms with E-state index in [1.165, 1.54) is 77.0 Å². The molecule has 9 aliphatic rings. The summed E-state index contributed by atoms with van der Waals surface area (Å²) >= 11 is 0. The van der Waals surface area contributed by atoms with Crippen molar-refractivity contribution in [3.05, 3.63) is 0 Å². The van der Waals surface area contributed by atoms with Crippen molar-refractivity contribution in [1.29, 1.82) is 0 Å². The van der Waals surface area contributed by atoms with Gasteiger partial charge in [0.25, 0.3) is 0 Å². The van der Waals surface area contributed by atoms with Crippen LogP contribution in [-0.4, -0.2) is 102 Å². The third-order valence-electron chi connectivity index (χ3n) is 14.5. The van der Waals surface area contributed by atoms with E-state index in [0.717, 1.165) is 0 Å². The normalized spacial score (nSPS) is 56.4. The first-order valence-corrected chi connectivity index (χ1v) is 18.6. The van der Waals surface area contributed by atoms with Crippen LogP contribution in [0.25, 0.3) is 0 Å². The predicted molar refractivity (Wildman–Crippen MR) is 189 cm³/mol. The molecule has 47 heavy (non-hydrogen) atoms. The van der Waals surface area contributed by atoms with Crippen LogP contribution >= 0.6 is 0 Å². The summed E-state index contributed by atoms with van der Waals surface area (Å²) in [7, 11) is 0. The van der Waals surface area contributed by atoms with Crippen LogP contribution in [0.5, 0.6) is 0 Å². The van der Waals surface area contributed by atoms with Crippen molar-refractivity contribution in [3.8, 4) is 0 Å². The Morgan fingerprint density at radius 3 is 0.723 bits per heavy atom. The minimum atomic E-state index is -0.315. The molecule has 5 aliphatic heterocycles. The van der Waals surface area contributed by atoms with E-state index in [1.54, 1.807) is 0 Å². The van der Waals surface area contributed by atoms with Gasteiger partial charge in [-0.15, -0.1) is 0 Å². The summed E-state index contributed by atoms with van der Waals surface area (Å²) in [5.74, 6) is 3.98. The van der Waals surface area contributed by atoms with Crippen molar-refractivity contribution in [3.63, 3.8) is 0 Å². The summed E-state index contributed by atoms with van der Waals surface area (Å²) in [6, 6.07) is -1.07. The van der Waals surface area contributed by atoms with Crippen molar-refractivity contribution in [2.75, 3.05) is 0 Å². The van der Waals surface area contributed by atoms with Crippen LogP contribution in [0, 0.1) is 47.3 Å². The predicted octanol–water partition coefficient (Wildman–Crippen LogP) is -4.75. The molecule has 14 nitrogen and oxygen atoms in total. The standard InChI is InChI=1S/C32H60N12.GeH4.2H2O/c33-21-19-20(22(34)24(36)23(21)35)32-43-30-18-12-6-4-10-16(18)28(41-30)39-26-14-8-2-1-7-13(14)25(37-26)38-27-15-9-3-5-11-17(15)29(40-27)42-31(19)44-32;;;/h13-32,37-44H,1-12,33-36H2;1H4;2*1H2. The van der Waals surface area contributed by atoms with Gasteiger partial charge in [-0.25, -0.2) is 0 Å². The molecule has 0 amide bonds. The third kappa shape index (κ3) is 6.08. The van der Waals surface area contributed by atoms with Crippen LogP contribution in [0.1, 0.15) is 77.0 Å². The molecule has 9 rings (SSSR count). The number of nitrogens with one attached hydrogen (secondary N) is 8. The molecule has 5 heterocycles. The van der Waals surface area contributed by atoms with E-state index in [1.807, 2.05) is 0 Å². The minimum absolute atomic E-state index is 0. The monoisotopic (exact) mass is 726 g/mol. The van der Waals surface area contributed by atoms with E-state index in [4.69, 9.17) is 22.9 Å². The molecule has 20 N–H and O–H groups in total. The summed E-state index contributed by atoms with van der Waals surface area (Å²) in [6.45, 7) is 0. The summed E-state index contributed by atoms with van der Waals surface area (Å²) in [6.07, 6.45) is 17.4. The van der Waals surface area contributed by atoms with Gasteiger partial charge in [0.2, 0.25) is 0 Å². The first-order valence-electron chi connectivity index (χ1n) is 18.6. The number of fused-ring (bicyclic) bond motifs is 20. The Kier molecular flexibility index (Phi) is 11.4. The van der Waals surface area contributed by atoms with E-state index >= 15 is 0 Å². The van der Waals surface area contributed by atoms with Crippen molar-refractivity contribution in [2.45, 2.75) is 151 Å². The molecule has 0 aromatic carbocycles. The molecule has 0 spiro atoms. The molecule has 0 aromatic rings. The number of nitrogens with two attached hydrogens (primary N) is 4. The van der Waals surface area contributed by atoms with E-state index < -0.39 is 0 Å². The van der Waals surface area contributed by atoms with Gasteiger partial charge in [-0.1, -0.05) is 38.5 Å². The van der Waals surface area contributed by atoms with Crippen molar-refractivity contribution < 1.29 is 11.0 Å². The zero-order chi connectivity index (χ0) is 29.7. The van der Waals surface area contributed by atoms with Gasteiger partial charge in [-0.05, 0) is 74.0 Å². The van der Waals surface area contributed by atoms with Crippen LogP contribution in [0.4, 0.5) is 0 Å². The van der Waals surface area contributed by atoms with Crippen LogP contribution in [0.2, 0.25) is 0 Å². The molecular weight excluding hydrogens is 657 g/mol. The Morgan fingerprint density at radius 2 is 0.489 bits per heavy atom. The molecule has 0 radical (unpaired) electrons. The molecule has 15 heteroatoms. The van der Waals surface area contributed by atoms with Gasteiger partial charge >= 0.3 is 17.6 Å². The molecule has 272 valence electrons. The second-order valence-electron chi connectivity index (χ2n) is 16.5. The van der Waals surface area contributed by atoms with E-state index in [2.05, 4.69) is 42.5 Å². The van der Waals surface area contributed by atoms with Gasteiger partial charge in [-0.3, -0.25) is 42.5 Å².